The van der Waals surface area contributed by atoms with Crippen LogP contribution in [-0.4, -0.2) is 50.1 Å². The van der Waals surface area contributed by atoms with Crippen molar-refractivity contribution in [3.05, 3.63) is 12.7 Å². The second-order valence-electron chi connectivity index (χ2n) is 2.90. The molecular formula is C9H18N4O2. The van der Waals surface area contributed by atoms with Gasteiger partial charge < -0.3 is 21.3 Å². The topological polar surface area (TPSA) is 87.5 Å². The van der Waals surface area contributed by atoms with Crippen LogP contribution in [0, 0.1) is 0 Å². The summed E-state index contributed by atoms with van der Waals surface area (Å²) in [4.78, 5) is 22.2. The number of carbonyl (C=O) groups is 2. The smallest absolute Gasteiger partial charge is 0.317 e. The summed E-state index contributed by atoms with van der Waals surface area (Å²) in [6.45, 7) is 6.54. The second kappa shape index (κ2) is 7.81. The minimum atomic E-state index is -0.481. The zero-order valence-corrected chi connectivity index (χ0v) is 8.95. The Morgan fingerprint density at radius 2 is 1.93 bits per heavy atom. The van der Waals surface area contributed by atoms with E-state index in [1.807, 2.05) is 0 Å². The van der Waals surface area contributed by atoms with Crippen LogP contribution in [0.15, 0.2) is 12.7 Å². The number of amides is 3. The van der Waals surface area contributed by atoms with E-state index in [2.05, 4.69) is 22.9 Å². The van der Waals surface area contributed by atoms with Crippen LogP contribution in [0.3, 0.4) is 0 Å². The van der Waals surface area contributed by atoms with Crippen molar-refractivity contribution in [2.75, 3.05) is 33.2 Å². The SMILES string of the molecule is C=CC(N)=O.CNC(=O)N1CCNCC1. The van der Waals surface area contributed by atoms with Gasteiger partial charge in [-0.1, -0.05) is 6.58 Å². The molecule has 0 aromatic rings. The average Bonchev–Trinajstić information content (AvgIpc) is 2.30. The number of nitrogens with two attached hydrogens (primary N) is 1. The lowest BCUT2D eigenvalue weighted by atomic mass is 10.4. The summed E-state index contributed by atoms with van der Waals surface area (Å²) in [6, 6.07) is 0.0292. The summed E-state index contributed by atoms with van der Waals surface area (Å²) in [5, 5.41) is 5.77. The van der Waals surface area contributed by atoms with E-state index in [0.717, 1.165) is 32.3 Å². The normalized spacial score (nSPS) is 14.6. The van der Waals surface area contributed by atoms with E-state index in [9.17, 15) is 9.59 Å². The Morgan fingerprint density at radius 3 is 2.27 bits per heavy atom. The highest BCUT2D eigenvalue weighted by Crippen LogP contribution is 1.90. The molecule has 4 N–H and O–H groups in total. The lowest BCUT2D eigenvalue weighted by Crippen LogP contribution is -2.49. The van der Waals surface area contributed by atoms with Crippen molar-refractivity contribution in [2.24, 2.45) is 5.73 Å². The van der Waals surface area contributed by atoms with Crippen molar-refractivity contribution in [3.8, 4) is 0 Å². The van der Waals surface area contributed by atoms with Crippen LogP contribution in [-0.2, 0) is 4.79 Å². The van der Waals surface area contributed by atoms with Gasteiger partial charge >= 0.3 is 6.03 Å². The van der Waals surface area contributed by atoms with Gasteiger partial charge in [-0.05, 0) is 6.08 Å². The van der Waals surface area contributed by atoms with E-state index >= 15 is 0 Å². The van der Waals surface area contributed by atoms with E-state index in [1.54, 1.807) is 11.9 Å². The van der Waals surface area contributed by atoms with Crippen LogP contribution in [0.4, 0.5) is 4.79 Å². The summed E-state index contributed by atoms with van der Waals surface area (Å²) in [5.41, 5.74) is 4.53. The molecule has 1 rings (SSSR count). The van der Waals surface area contributed by atoms with E-state index in [0.29, 0.717) is 0 Å². The van der Waals surface area contributed by atoms with Gasteiger partial charge in [0.1, 0.15) is 0 Å². The third kappa shape index (κ3) is 6.50. The predicted molar refractivity (Wildman–Crippen MR) is 58.3 cm³/mol. The Labute approximate surface area is 89.5 Å². The molecule has 6 heteroatoms. The van der Waals surface area contributed by atoms with Gasteiger partial charge in [-0.25, -0.2) is 4.79 Å². The zero-order valence-electron chi connectivity index (χ0n) is 8.95. The number of nitrogens with zero attached hydrogens (tertiary/aromatic N) is 1. The molecule has 0 spiro atoms. The fourth-order valence-corrected chi connectivity index (χ4v) is 1.03. The Balaban J connectivity index is 0.000000336. The molecule has 0 atom stereocenters. The van der Waals surface area contributed by atoms with Crippen molar-refractivity contribution in [3.63, 3.8) is 0 Å². The first-order valence-corrected chi connectivity index (χ1v) is 4.71. The first kappa shape index (κ1) is 13.4. The molecule has 6 nitrogen and oxygen atoms in total. The Morgan fingerprint density at radius 1 is 1.47 bits per heavy atom. The highest BCUT2D eigenvalue weighted by atomic mass is 16.2. The van der Waals surface area contributed by atoms with Gasteiger partial charge in [-0.2, -0.15) is 0 Å². The summed E-state index contributed by atoms with van der Waals surface area (Å²) < 4.78 is 0. The molecule has 1 aliphatic heterocycles. The molecule has 3 amide bonds. The number of piperazine rings is 1. The van der Waals surface area contributed by atoms with Crippen LogP contribution in [0.2, 0.25) is 0 Å². The molecule has 86 valence electrons. The highest BCUT2D eigenvalue weighted by molar-refractivity contribution is 5.84. The number of primary amides is 1. The first-order valence-electron chi connectivity index (χ1n) is 4.71. The minimum absolute atomic E-state index is 0.0292. The standard InChI is InChI=1S/C6H13N3O.C3H5NO/c1-7-6(10)9-4-2-8-3-5-9;1-2-3(4)5/h8H,2-5H2,1H3,(H,7,10);2H,1H2,(H2,4,5). The van der Waals surface area contributed by atoms with Crippen molar-refractivity contribution >= 4 is 11.9 Å². The molecule has 0 unspecified atom stereocenters. The lowest BCUT2D eigenvalue weighted by molar-refractivity contribution is -0.113. The van der Waals surface area contributed by atoms with Crippen molar-refractivity contribution < 1.29 is 9.59 Å². The number of hydrogen-bond acceptors (Lipinski definition) is 3. The molecule has 1 fully saturated rings. The Bertz CT molecular complexity index is 224. The van der Waals surface area contributed by atoms with Gasteiger partial charge in [0, 0.05) is 33.2 Å². The molecule has 0 radical (unpaired) electrons. The molecular weight excluding hydrogens is 196 g/mol. The summed E-state index contributed by atoms with van der Waals surface area (Å²) in [5.74, 6) is -0.481. The molecule has 1 aliphatic rings. The largest absolute Gasteiger partial charge is 0.366 e. The fraction of sp³-hybridized carbons (Fsp3) is 0.556. The van der Waals surface area contributed by atoms with Gasteiger partial charge in [0.15, 0.2) is 0 Å². The molecule has 1 heterocycles. The zero-order chi connectivity index (χ0) is 11.7. The summed E-state index contributed by atoms with van der Waals surface area (Å²) >= 11 is 0. The van der Waals surface area contributed by atoms with Crippen LogP contribution >= 0.6 is 0 Å². The third-order valence-electron chi connectivity index (χ3n) is 1.82. The molecule has 0 aliphatic carbocycles. The Kier molecular flexibility index (Phi) is 7.00. The molecule has 0 bridgehead atoms. The third-order valence-corrected chi connectivity index (χ3v) is 1.82. The molecule has 0 saturated carbocycles. The Hall–Kier alpha value is -1.56. The highest BCUT2D eigenvalue weighted by Gasteiger charge is 2.13. The van der Waals surface area contributed by atoms with Gasteiger partial charge in [0.25, 0.3) is 0 Å². The molecule has 1 saturated heterocycles. The van der Waals surface area contributed by atoms with Crippen LogP contribution in [0.1, 0.15) is 0 Å². The predicted octanol–water partition coefficient (Wildman–Crippen LogP) is -1.11. The van der Waals surface area contributed by atoms with E-state index in [4.69, 9.17) is 0 Å². The van der Waals surface area contributed by atoms with Crippen molar-refractivity contribution in [1.82, 2.24) is 15.5 Å². The number of hydrogen-bond donors (Lipinski definition) is 3. The van der Waals surface area contributed by atoms with Crippen LogP contribution < -0.4 is 16.4 Å². The van der Waals surface area contributed by atoms with E-state index in [1.165, 1.54) is 0 Å². The monoisotopic (exact) mass is 214 g/mol. The lowest BCUT2D eigenvalue weighted by Gasteiger charge is -2.26. The average molecular weight is 214 g/mol. The minimum Gasteiger partial charge on any atom is -0.366 e. The van der Waals surface area contributed by atoms with Crippen LogP contribution in [0.25, 0.3) is 0 Å². The maximum Gasteiger partial charge on any atom is 0.317 e. The summed E-state index contributed by atoms with van der Waals surface area (Å²) in [7, 11) is 1.66. The summed E-state index contributed by atoms with van der Waals surface area (Å²) in [6.07, 6.45) is 1.06. The van der Waals surface area contributed by atoms with Crippen LogP contribution in [0.5, 0.6) is 0 Å². The van der Waals surface area contributed by atoms with Crippen molar-refractivity contribution in [1.29, 1.82) is 0 Å². The number of urea groups is 1. The van der Waals surface area contributed by atoms with Gasteiger partial charge in [-0.3, -0.25) is 4.79 Å². The number of rotatable bonds is 1. The first-order chi connectivity index (χ1) is 7.11. The maximum atomic E-state index is 11.0. The molecule has 15 heavy (non-hydrogen) atoms. The quantitative estimate of drug-likeness (QED) is 0.484. The van der Waals surface area contributed by atoms with Gasteiger partial charge in [0.2, 0.25) is 5.91 Å². The molecule has 0 aromatic carbocycles. The number of nitrogens with one attached hydrogen (secondary N) is 2. The van der Waals surface area contributed by atoms with E-state index in [-0.39, 0.29) is 6.03 Å². The van der Waals surface area contributed by atoms with Gasteiger partial charge in [0.05, 0.1) is 0 Å². The molecule has 0 aromatic heterocycles. The second-order valence-corrected chi connectivity index (χ2v) is 2.90. The van der Waals surface area contributed by atoms with Crippen molar-refractivity contribution in [2.45, 2.75) is 0 Å². The fourth-order valence-electron chi connectivity index (χ4n) is 1.03. The maximum absolute atomic E-state index is 11.0. The number of carbonyl (C=O) groups excluding carboxylic acids is 2. The van der Waals surface area contributed by atoms with Gasteiger partial charge in [-0.15, -0.1) is 0 Å². The van der Waals surface area contributed by atoms with E-state index < -0.39 is 5.91 Å².